The van der Waals surface area contributed by atoms with Gasteiger partial charge in [0, 0.05) is 13.1 Å². The van der Waals surface area contributed by atoms with Crippen molar-refractivity contribution >= 4 is 5.91 Å². The van der Waals surface area contributed by atoms with Gasteiger partial charge in [0.2, 0.25) is 5.91 Å². The van der Waals surface area contributed by atoms with Crippen molar-refractivity contribution < 1.29 is 9.53 Å². The summed E-state index contributed by atoms with van der Waals surface area (Å²) >= 11 is 0. The third-order valence-corrected chi connectivity index (χ3v) is 3.58. The maximum absolute atomic E-state index is 12.1. The van der Waals surface area contributed by atoms with Gasteiger partial charge >= 0.3 is 0 Å². The highest BCUT2D eigenvalue weighted by atomic mass is 16.5. The molecule has 1 aliphatic heterocycles. The van der Waals surface area contributed by atoms with Crippen molar-refractivity contribution in [3.05, 3.63) is 30.3 Å². The molecule has 1 fully saturated rings. The molecule has 0 spiro atoms. The zero-order valence-electron chi connectivity index (χ0n) is 11.5. The predicted octanol–water partition coefficient (Wildman–Crippen LogP) is 1.67. The summed E-state index contributed by atoms with van der Waals surface area (Å²) in [5.74, 6) is 0.989. The second-order valence-corrected chi connectivity index (χ2v) is 4.90. The highest BCUT2D eigenvalue weighted by molar-refractivity contribution is 5.76. The number of hydrogen-bond donors (Lipinski definition) is 1. The first kappa shape index (κ1) is 13.9. The number of amides is 1. The van der Waals surface area contributed by atoms with Gasteiger partial charge < -0.3 is 15.0 Å². The minimum Gasteiger partial charge on any atom is -0.493 e. The molecular weight excluding hydrogens is 240 g/mol. The molecule has 4 heteroatoms. The Hall–Kier alpha value is -1.55. The van der Waals surface area contributed by atoms with E-state index >= 15 is 0 Å². The van der Waals surface area contributed by atoms with Crippen LogP contribution in [0.4, 0.5) is 0 Å². The fraction of sp³-hybridized carbons (Fsp3) is 0.533. The molecule has 1 N–H and O–H groups in total. The van der Waals surface area contributed by atoms with Crippen LogP contribution < -0.4 is 10.1 Å². The first-order valence-corrected chi connectivity index (χ1v) is 6.91. The summed E-state index contributed by atoms with van der Waals surface area (Å²) in [5, 5.41) is 3.31. The minimum atomic E-state index is 0.169. The Morgan fingerprint density at radius 3 is 2.68 bits per heavy atom. The molecule has 0 unspecified atom stereocenters. The summed E-state index contributed by atoms with van der Waals surface area (Å²) in [6, 6.07) is 9.99. The van der Waals surface area contributed by atoms with Gasteiger partial charge in [0.25, 0.3) is 0 Å². The van der Waals surface area contributed by atoms with Crippen LogP contribution in [-0.4, -0.2) is 43.6 Å². The first-order chi connectivity index (χ1) is 9.27. The molecule has 2 rings (SSSR count). The number of nitrogens with one attached hydrogen (secondary N) is 1. The molecule has 0 aromatic heterocycles. The van der Waals surface area contributed by atoms with E-state index in [4.69, 9.17) is 4.74 Å². The lowest BCUT2D eigenvalue weighted by molar-refractivity contribution is -0.132. The molecule has 1 aliphatic rings. The highest BCUT2D eigenvalue weighted by Crippen LogP contribution is 2.12. The molecule has 0 radical (unpaired) electrons. The standard InChI is InChI=1S/C15H22N2O2/c1-17(13-7-10-16-11-8-13)15(18)9-12-19-14-5-3-2-4-6-14/h2-6,13,16H,7-12H2,1H3. The summed E-state index contributed by atoms with van der Waals surface area (Å²) in [7, 11) is 1.90. The van der Waals surface area contributed by atoms with E-state index in [-0.39, 0.29) is 5.91 Å². The van der Waals surface area contributed by atoms with Crippen LogP contribution in [0, 0.1) is 0 Å². The number of hydrogen-bond acceptors (Lipinski definition) is 3. The number of benzene rings is 1. The number of rotatable bonds is 5. The van der Waals surface area contributed by atoms with Crippen LogP contribution in [0.15, 0.2) is 30.3 Å². The van der Waals surface area contributed by atoms with Gasteiger partial charge in [-0.05, 0) is 38.1 Å². The molecule has 0 aliphatic carbocycles. The molecule has 19 heavy (non-hydrogen) atoms. The summed E-state index contributed by atoms with van der Waals surface area (Å²) < 4.78 is 5.55. The van der Waals surface area contributed by atoms with Crippen molar-refractivity contribution in [3.63, 3.8) is 0 Å². The monoisotopic (exact) mass is 262 g/mol. The second-order valence-electron chi connectivity index (χ2n) is 4.90. The normalized spacial score (nSPS) is 16.1. The molecule has 1 aromatic rings. The minimum absolute atomic E-state index is 0.169. The second kappa shape index (κ2) is 7.14. The first-order valence-electron chi connectivity index (χ1n) is 6.91. The van der Waals surface area contributed by atoms with Gasteiger partial charge in [-0.3, -0.25) is 4.79 Å². The number of carbonyl (C=O) groups excluding carboxylic acids is 1. The molecule has 1 amide bonds. The number of piperidine rings is 1. The van der Waals surface area contributed by atoms with E-state index in [1.54, 1.807) is 0 Å². The fourth-order valence-corrected chi connectivity index (χ4v) is 2.35. The van der Waals surface area contributed by atoms with Gasteiger partial charge in [-0.25, -0.2) is 0 Å². The van der Waals surface area contributed by atoms with Crippen molar-refractivity contribution in [1.29, 1.82) is 0 Å². The van der Waals surface area contributed by atoms with E-state index < -0.39 is 0 Å². The molecule has 104 valence electrons. The SMILES string of the molecule is CN(C(=O)CCOc1ccccc1)C1CCNCC1. The molecule has 1 saturated heterocycles. The Kier molecular flexibility index (Phi) is 5.21. The average Bonchev–Trinajstić information content (AvgIpc) is 2.48. The summed E-state index contributed by atoms with van der Waals surface area (Å²) in [4.78, 5) is 13.9. The molecule has 1 aromatic carbocycles. The average molecular weight is 262 g/mol. The summed E-state index contributed by atoms with van der Waals surface area (Å²) in [6.07, 6.45) is 2.53. The van der Waals surface area contributed by atoms with Crippen molar-refractivity contribution in [1.82, 2.24) is 10.2 Å². The number of nitrogens with zero attached hydrogens (tertiary/aromatic N) is 1. The number of para-hydroxylation sites is 1. The smallest absolute Gasteiger partial charge is 0.225 e. The lowest BCUT2D eigenvalue weighted by atomic mass is 10.1. The van der Waals surface area contributed by atoms with Crippen LogP contribution in [0.1, 0.15) is 19.3 Å². The Bertz CT molecular complexity index is 388. The van der Waals surface area contributed by atoms with Crippen LogP contribution >= 0.6 is 0 Å². The third-order valence-electron chi connectivity index (χ3n) is 3.58. The van der Waals surface area contributed by atoms with Crippen LogP contribution in [0.25, 0.3) is 0 Å². The Morgan fingerprint density at radius 2 is 2.00 bits per heavy atom. The van der Waals surface area contributed by atoms with Crippen molar-refractivity contribution in [2.75, 3.05) is 26.7 Å². The van der Waals surface area contributed by atoms with E-state index in [9.17, 15) is 4.79 Å². The van der Waals surface area contributed by atoms with Crippen LogP contribution in [0.5, 0.6) is 5.75 Å². The summed E-state index contributed by atoms with van der Waals surface area (Å²) in [6.45, 7) is 2.45. The van der Waals surface area contributed by atoms with Gasteiger partial charge in [-0.1, -0.05) is 18.2 Å². The van der Waals surface area contributed by atoms with Crippen LogP contribution in [-0.2, 0) is 4.79 Å². The molecule has 4 nitrogen and oxygen atoms in total. The number of ether oxygens (including phenoxy) is 1. The van der Waals surface area contributed by atoms with Crippen LogP contribution in [0.2, 0.25) is 0 Å². The zero-order valence-corrected chi connectivity index (χ0v) is 11.5. The van der Waals surface area contributed by atoms with E-state index in [2.05, 4.69) is 5.32 Å². The van der Waals surface area contributed by atoms with Gasteiger partial charge in [0.1, 0.15) is 5.75 Å². The third kappa shape index (κ3) is 4.24. The van der Waals surface area contributed by atoms with Crippen molar-refractivity contribution in [3.8, 4) is 5.75 Å². The summed E-state index contributed by atoms with van der Waals surface area (Å²) in [5.41, 5.74) is 0. The Balaban J connectivity index is 1.71. The maximum Gasteiger partial charge on any atom is 0.225 e. The van der Waals surface area contributed by atoms with Crippen LogP contribution in [0.3, 0.4) is 0 Å². The van der Waals surface area contributed by atoms with E-state index in [0.29, 0.717) is 19.1 Å². The van der Waals surface area contributed by atoms with E-state index in [1.807, 2.05) is 42.3 Å². The molecule has 0 bridgehead atoms. The van der Waals surface area contributed by atoms with E-state index in [1.165, 1.54) is 0 Å². The molecule has 1 heterocycles. The molecular formula is C15H22N2O2. The van der Waals surface area contributed by atoms with Gasteiger partial charge in [-0.2, -0.15) is 0 Å². The Labute approximate surface area is 114 Å². The van der Waals surface area contributed by atoms with Gasteiger partial charge in [0.05, 0.1) is 13.0 Å². The van der Waals surface area contributed by atoms with Crippen molar-refractivity contribution in [2.24, 2.45) is 0 Å². The molecule has 0 saturated carbocycles. The van der Waals surface area contributed by atoms with Gasteiger partial charge in [-0.15, -0.1) is 0 Å². The van der Waals surface area contributed by atoms with Crippen molar-refractivity contribution in [2.45, 2.75) is 25.3 Å². The molecule has 0 atom stereocenters. The topological polar surface area (TPSA) is 41.6 Å². The van der Waals surface area contributed by atoms with E-state index in [0.717, 1.165) is 31.7 Å². The van der Waals surface area contributed by atoms with Gasteiger partial charge in [0.15, 0.2) is 0 Å². The quantitative estimate of drug-likeness (QED) is 0.877. The Morgan fingerprint density at radius 1 is 1.32 bits per heavy atom. The lowest BCUT2D eigenvalue weighted by Gasteiger charge is -2.31. The zero-order chi connectivity index (χ0) is 13.5. The lowest BCUT2D eigenvalue weighted by Crippen LogP contribution is -2.44. The fourth-order valence-electron chi connectivity index (χ4n) is 2.35. The largest absolute Gasteiger partial charge is 0.493 e. The number of carbonyl (C=O) groups is 1. The predicted molar refractivity (Wildman–Crippen MR) is 75.2 cm³/mol. The highest BCUT2D eigenvalue weighted by Gasteiger charge is 2.21. The maximum atomic E-state index is 12.1.